The summed E-state index contributed by atoms with van der Waals surface area (Å²) in [4.78, 5) is 1.55. The summed E-state index contributed by atoms with van der Waals surface area (Å²) in [7, 11) is 0. The number of likely N-dealkylation sites (tertiary alicyclic amines) is 1. The number of benzene rings is 1. The van der Waals surface area contributed by atoms with E-state index in [1.165, 1.54) is 11.1 Å². The van der Waals surface area contributed by atoms with E-state index in [0.29, 0.717) is 24.9 Å². The molecule has 4 heteroatoms. The summed E-state index contributed by atoms with van der Waals surface area (Å²) < 4.78 is 37.2. The molecule has 0 aromatic heterocycles. The molecule has 0 saturated carbocycles. The van der Waals surface area contributed by atoms with Crippen LogP contribution >= 0.6 is 0 Å². The third-order valence-electron chi connectivity index (χ3n) is 3.80. The number of hydrogen-bond acceptors (Lipinski definition) is 1. The molecule has 0 radical (unpaired) electrons. The second-order valence-electron chi connectivity index (χ2n) is 5.07. The largest absolute Gasteiger partial charge is 0.401 e. The Morgan fingerprint density at radius 3 is 2.06 bits per heavy atom. The van der Waals surface area contributed by atoms with Gasteiger partial charge in [0.15, 0.2) is 0 Å². The predicted molar refractivity (Wildman–Crippen MR) is 59.0 cm³/mol. The van der Waals surface area contributed by atoms with E-state index in [9.17, 15) is 13.2 Å². The fourth-order valence-corrected chi connectivity index (χ4v) is 3.28. The molecule has 1 aromatic carbocycles. The highest BCUT2D eigenvalue weighted by molar-refractivity contribution is 5.40. The molecule has 1 aromatic rings. The molecule has 1 aliphatic heterocycles. The standard InChI is InChI=1S/C13H14F3N/c14-13(15,16)8-17-6-9-5-10(7-17)12-4-2-1-3-11(9)12/h1-4,9-10H,5-8H2. The molecule has 92 valence electrons. The van der Waals surface area contributed by atoms with Crippen molar-refractivity contribution < 1.29 is 13.2 Å². The molecule has 2 unspecified atom stereocenters. The highest BCUT2D eigenvalue weighted by Gasteiger charge is 2.40. The Morgan fingerprint density at radius 1 is 1.06 bits per heavy atom. The Morgan fingerprint density at radius 2 is 1.59 bits per heavy atom. The minimum absolute atomic E-state index is 0.298. The lowest BCUT2D eigenvalue weighted by molar-refractivity contribution is -0.148. The topological polar surface area (TPSA) is 3.24 Å². The third-order valence-corrected chi connectivity index (χ3v) is 3.80. The molecule has 2 bridgehead atoms. The Hall–Kier alpha value is -1.03. The van der Waals surface area contributed by atoms with E-state index in [4.69, 9.17) is 0 Å². The van der Waals surface area contributed by atoms with E-state index in [1.807, 2.05) is 12.1 Å². The normalized spacial score (nSPS) is 28.2. The molecule has 2 atom stereocenters. The van der Waals surface area contributed by atoms with Crippen molar-refractivity contribution in [3.8, 4) is 0 Å². The van der Waals surface area contributed by atoms with Gasteiger partial charge in [-0.05, 0) is 29.4 Å². The second-order valence-corrected chi connectivity index (χ2v) is 5.07. The van der Waals surface area contributed by atoms with Crippen molar-refractivity contribution in [2.24, 2.45) is 0 Å². The predicted octanol–water partition coefficient (Wildman–Crippen LogP) is 3.14. The number of rotatable bonds is 1. The maximum absolute atomic E-state index is 12.4. The minimum atomic E-state index is -4.08. The Labute approximate surface area is 98.2 Å². The molecule has 0 spiro atoms. The summed E-state index contributed by atoms with van der Waals surface area (Å²) in [5, 5.41) is 0. The van der Waals surface area contributed by atoms with E-state index < -0.39 is 12.7 Å². The van der Waals surface area contributed by atoms with Gasteiger partial charge in [0.1, 0.15) is 0 Å². The van der Waals surface area contributed by atoms with Crippen LogP contribution in [0.1, 0.15) is 29.4 Å². The molecule has 2 aliphatic rings. The first-order valence-electron chi connectivity index (χ1n) is 5.91. The smallest absolute Gasteiger partial charge is 0.294 e. The van der Waals surface area contributed by atoms with Gasteiger partial charge in [0, 0.05) is 13.1 Å². The van der Waals surface area contributed by atoms with Crippen molar-refractivity contribution in [3.63, 3.8) is 0 Å². The van der Waals surface area contributed by atoms with Gasteiger partial charge in [-0.25, -0.2) is 0 Å². The zero-order valence-electron chi connectivity index (χ0n) is 9.37. The Balaban J connectivity index is 1.81. The maximum atomic E-state index is 12.4. The first-order valence-corrected chi connectivity index (χ1v) is 5.91. The molecule has 0 amide bonds. The van der Waals surface area contributed by atoms with Crippen LogP contribution in [0.3, 0.4) is 0 Å². The lowest BCUT2D eigenvalue weighted by atomic mass is 9.96. The number of hydrogen-bond donors (Lipinski definition) is 0. The van der Waals surface area contributed by atoms with Crippen LogP contribution in [-0.4, -0.2) is 30.7 Å². The van der Waals surface area contributed by atoms with Crippen LogP contribution in [0, 0.1) is 0 Å². The van der Waals surface area contributed by atoms with Crippen LogP contribution in [0.25, 0.3) is 0 Å². The van der Waals surface area contributed by atoms with Crippen LogP contribution in [0.15, 0.2) is 24.3 Å². The molecule has 1 heterocycles. The first kappa shape index (κ1) is 11.1. The van der Waals surface area contributed by atoms with Crippen LogP contribution in [0.5, 0.6) is 0 Å². The van der Waals surface area contributed by atoms with E-state index in [1.54, 1.807) is 4.90 Å². The number of halogens is 3. The minimum Gasteiger partial charge on any atom is -0.294 e. The van der Waals surface area contributed by atoms with Crippen LogP contribution in [-0.2, 0) is 0 Å². The summed E-state index contributed by atoms with van der Waals surface area (Å²) >= 11 is 0. The van der Waals surface area contributed by atoms with E-state index >= 15 is 0 Å². The van der Waals surface area contributed by atoms with Crippen molar-refractivity contribution >= 4 is 0 Å². The van der Waals surface area contributed by atoms with Crippen molar-refractivity contribution in [1.82, 2.24) is 4.90 Å². The average molecular weight is 241 g/mol. The van der Waals surface area contributed by atoms with Gasteiger partial charge in [0.25, 0.3) is 0 Å². The lowest BCUT2D eigenvalue weighted by Crippen LogP contribution is -2.41. The van der Waals surface area contributed by atoms with Crippen LogP contribution in [0.4, 0.5) is 13.2 Å². The SMILES string of the molecule is FC(F)(F)CN1CC2CC(C1)c1ccccc12. The molecule has 1 aliphatic carbocycles. The van der Waals surface area contributed by atoms with Gasteiger partial charge in [0.2, 0.25) is 0 Å². The highest BCUT2D eigenvalue weighted by atomic mass is 19.4. The molecular weight excluding hydrogens is 227 g/mol. The summed E-state index contributed by atoms with van der Waals surface area (Å²) in [6.07, 6.45) is -3.06. The number of fused-ring (bicyclic) bond motifs is 5. The number of nitrogens with zero attached hydrogens (tertiary/aromatic N) is 1. The van der Waals surface area contributed by atoms with Crippen molar-refractivity contribution in [2.45, 2.75) is 24.4 Å². The van der Waals surface area contributed by atoms with Gasteiger partial charge in [-0.3, -0.25) is 4.90 Å². The average Bonchev–Trinajstić information content (AvgIpc) is 2.50. The zero-order valence-corrected chi connectivity index (χ0v) is 9.37. The Bertz CT molecular complexity index is 396. The zero-order chi connectivity index (χ0) is 12.0. The summed E-state index contributed by atoms with van der Waals surface area (Å²) in [6, 6.07) is 8.09. The third kappa shape index (κ3) is 2.06. The van der Waals surface area contributed by atoms with E-state index in [2.05, 4.69) is 12.1 Å². The summed E-state index contributed by atoms with van der Waals surface area (Å²) in [6.45, 7) is 0.327. The summed E-state index contributed by atoms with van der Waals surface area (Å²) in [5.74, 6) is 0.597. The molecule has 1 fully saturated rings. The maximum Gasteiger partial charge on any atom is 0.401 e. The molecular formula is C13H14F3N. The molecule has 17 heavy (non-hydrogen) atoms. The monoisotopic (exact) mass is 241 g/mol. The number of piperidine rings is 1. The number of alkyl halides is 3. The fraction of sp³-hybridized carbons (Fsp3) is 0.538. The molecule has 3 rings (SSSR count). The van der Waals surface area contributed by atoms with Gasteiger partial charge >= 0.3 is 6.18 Å². The van der Waals surface area contributed by atoms with Gasteiger partial charge in [-0.15, -0.1) is 0 Å². The van der Waals surface area contributed by atoms with E-state index in [-0.39, 0.29) is 0 Å². The van der Waals surface area contributed by atoms with Crippen LogP contribution < -0.4 is 0 Å². The first-order chi connectivity index (χ1) is 8.03. The molecule has 1 nitrogen and oxygen atoms in total. The highest BCUT2D eigenvalue weighted by Crippen LogP contribution is 2.45. The summed E-state index contributed by atoms with van der Waals surface area (Å²) in [5.41, 5.74) is 2.53. The van der Waals surface area contributed by atoms with Crippen molar-refractivity contribution in [1.29, 1.82) is 0 Å². The van der Waals surface area contributed by atoms with Gasteiger partial charge < -0.3 is 0 Å². The quantitative estimate of drug-likeness (QED) is 0.730. The molecule has 0 N–H and O–H groups in total. The van der Waals surface area contributed by atoms with E-state index in [0.717, 1.165) is 6.42 Å². The van der Waals surface area contributed by atoms with Gasteiger partial charge in [-0.2, -0.15) is 13.2 Å². The lowest BCUT2D eigenvalue weighted by Gasteiger charge is -2.32. The Kier molecular flexibility index (Phi) is 2.43. The van der Waals surface area contributed by atoms with Gasteiger partial charge in [-0.1, -0.05) is 24.3 Å². The molecule has 1 saturated heterocycles. The fourth-order valence-electron chi connectivity index (χ4n) is 3.28. The van der Waals surface area contributed by atoms with Crippen molar-refractivity contribution in [3.05, 3.63) is 35.4 Å². The van der Waals surface area contributed by atoms with Crippen molar-refractivity contribution in [2.75, 3.05) is 19.6 Å². The van der Waals surface area contributed by atoms with Gasteiger partial charge in [0.05, 0.1) is 6.54 Å². The van der Waals surface area contributed by atoms with Crippen LogP contribution in [0.2, 0.25) is 0 Å². The second kappa shape index (κ2) is 3.73.